The lowest BCUT2D eigenvalue weighted by atomic mass is 9.93. The zero-order valence-corrected chi connectivity index (χ0v) is 13.7. The van der Waals surface area contributed by atoms with Crippen molar-refractivity contribution in [1.82, 2.24) is 10.2 Å². The SMILES string of the molecule is CNC(=O)c1ccc(CN(CC(C)O)C2CCCCC2)cc1. The highest BCUT2D eigenvalue weighted by Gasteiger charge is 2.22. The van der Waals surface area contributed by atoms with Gasteiger partial charge in [0.2, 0.25) is 0 Å². The van der Waals surface area contributed by atoms with Crippen molar-refractivity contribution in [3.63, 3.8) is 0 Å². The fourth-order valence-corrected chi connectivity index (χ4v) is 3.27. The Morgan fingerprint density at radius 1 is 1.27 bits per heavy atom. The van der Waals surface area contributed by atoms with Crippen molar-refractivity contribution in [2.24, 2.45) is 0 Å². The minimum Gasteiger partial charge on any atom is -0.392 e. The van der Waals surface area contributed by atoms with Gasteiger partial charge in [0.1, 0.15) is 0 Å². The van der Waals surface area contributed by atoms with E-state index in [0.717, 1.165) is 6.54 Å². The Kier molecular flexibility index (Phi) is 6.40. The van der Waals surface area contributed by atoms with Crippen LogP contribution in [-0.2, 0) is 6.54 Å². The van der Waals surface area contributed by atoms with Gasteiger partial charge in [-0.2, -0.15) is 0 Å². The molecule has 4 heteroatoms. The number of hydrogen-bond donors (Lipinski definition) is 2. The highest BCUT2D eigenvalue weighted by atomic mass is 16.3. The molecule has 1 atom stereocenters. The summed E-state index contributed by atoms with van der Waals surface area (Å²) in [6.07, 6.45) is 6.05. The first kappa shape index (κ1) is 17.0. The van der Waals surface area contributed by atoms with Crippen LogP contribution in [-0.4, -0.2) is 41.7 Å². The summed E-state index contributed by atoms with van der Waals surface area (Å²) in [4.78, 5) is 14.0. The van der Waals surface area contributed by atoms with Crippen molar-refractivity contribution in [2.45, 2.75) is 57.7 Å². The maximum Gasteiger partial charge on any atom is 0.251 e. The van der Waals surface area contributed by atoms with Gasteiger partial charge in [-0.15, -0.1) is 0 Å². The van der Waals surface area contributed by atoms with Gasteiger partial charge >= 0.3 is 0 Å². The molecule has 0 aromatic heterocycles. The van der Waals surface area contributed by atoms with Crippen molar-refractivity contribution in [1.29, 1.82) is 0 Å². The number of amides is 1. The van der Waals surface area contributed by atoms with Gasteiger partial charge in [0, 0.05) is 31.7 Å². The summed E-state index contributed by atoms with van der Waals surface area (Å²) < 4.78 is 0. The molecular weight excluding hydrogens is 276 g/mol. The molecule has 0 spiro atoms. The van der Waals surface area contributed by atoms with Gasteiger partial charge in [0.05, 0.1) is 6.10 Å². The Hall–Kier alpha value is -1.39. The Morgan fingerprint density at radius 3 is 2.45 bits per heavy atom. The van der Waals surface area contributed by atoms with Crippen LogP contribution in [0.15, 0.2) is 24.3 Å². The van der Waals surface area contributed by atoms with E-state index in [1.807, 2.05) is 31.2 Å². The lowest BCUT2D eigenvalue weighted by molar-refractivity contribution is 0.0769. The number of rotatable bonds is 6. The van der Waals surface area contributed by atoms with Crippen molar-refractivity contribution in [3.05, 3.63) is 35.4 Å². The van der Waals surface area contributed by atoms with Crippen LogP contribution in [0.3, 0.4) is 0 Å². The molecule has 1 aromatic rings. The first-order valence-corrected chi connectivity index (χ1v) is 8.33. The standard InChI is InChI=1S/C18H28N2O2/c1-14(21)12-20(17-6-4-3-5-7-17)13-15-8-10-16(11-9-15)18(22)19-2/h8-11,14,17,21H,3-7,12-13H2,1-2H3,(H,19,22). The van der Waals surface area contributed by atoms with E-state index in [4.69, 9.17) is 0 Å². The Bertz CT molecular complexity index is 464. The summed E-state index contributed by atoms with van der Waals surface area (Å²) in [6.45, 7) is 3.40. The molecule has 1 aromatic carbocycles. The predicted octanol–water partition coefficient (Wildman–Crippen LogP) is 2.56. The monoisotopic (exact) mass is 304 g/mol. The Morgan fingerprint density at radius 2 is 1.91 bits per heavy atom. The van der Waals surface area contributed by atoms with Crippen LogP contribution in [0.2, 0.25) is 0 Å². The molecule has 2 rings (SSSR count). The van der Waals surface area contributed by atoms with E-state index >= 15 is 0 Å². The second-order valence-corrected chi connectivity index (χ2v) is 6.35. The van der Waals surface area contributed by atoms with Crippen LogP contribution >= 0.6 is 0 Å². The second kappa shape index (κ2) is 8.30. The summed E-state index contributed by atoms with van der Waals surface area (Å²) in [5, 5.41) is 12.4. The van der Waals surface area contributed by atoms with Gasteiger partial charge in [-0.3, -0.25) is 9.69 Å². The van der Waals surface area contributed by atoms with E-state index in [1.165, 1.54) is 37.7 Å². The molecule has 1 fully saturated rings. The van der Waals surface area contributed by atoms with Crippen molar-refractivity contribution >= 4 is 5.91 Å². The van der Waals surface area contributed by atoms with Crippen molar-refractivity contribution in [3.8, 4) is 0 Å². The highest BCUT2D eigenvalue weighted by Crippen LogP contribution is 2.24. The molecule has 0 heterocycles. The van der Waals surface area contributed by atoms with E-state index in [2.05, 4.69) is 10.2 Å². The van der Waals surface area contributed by atoms with Crippen LogP contribution < -0.4 is 5.32 Å². The Balaban J connectivity index is 2.03. The molecule has 1 aliphatic rings. The molecule has 22 heavy (non-hydrogen) atoms. The number of aliphatic hydroxyl groups excluding tert-OH is 1. The molecule has 0 saturated heterocycles. The third-order valence-corrected chi connectivity index (χ3v) is 4.42. The molecular formula is C18H28N2O2. The maximum absolute atomic E-state index is 11.6. The quantitative estimate of drug-likeness (QED) is 0.849. The lowest BCUT2D eigenvalue weighted by Crippen LogP contribution is -2.40. The molecule has 2 N–H and O–H groups in total. The number of hydrogen-bond acceptors (Lipinski definition) is 3. The summed E-state index contributed by atoms with van der Waals surface area (Å²) >= 11 is 0. The maximum atomic E-state index is 11.6. The van der Waals surface area contributed by atoms with Gasteiger partial charge < -0.3 is 10.4 Å². The minimum atomic E-state index is -0.313. The normalized spacial score (nSPS) is 17.5. The molecule has 4 nitrogen and oxygen atoms in total. The molecule has 1 aliphatic carbocycles. The van der Waals surface area contributed by atoms with Crippen molar-refractivity contribution < 1.29 is 9.90 Å². The summed E-state index contributed by atoms with van der Waals surface area (Å²) in [5.41, 5.74) is 1.88. The van der Waals surface area contributed by atoms with Gasteiger partial charge in [0.15, 0.2) is 0 Å². The van der Waals surface area contributed by atoms with E-state index in [0.29, 0.717) is 18.2 Å². The molecule has 0 bridgehead atoms. The minimum absolute atomic E-state index is 0.0559. The number of benzene rings is 1. The van der Waals surface area contributed by atoms with Crippen LogP contribution in [0.25, 0.3) is 0 Å². The molecule has 1 saturated carbocycles. The zero-order chi connectivity index (χ0) is 15.9. The van der Waals surface area contributed by atoms with E-state index < -0.39 is 0 Å². The van der Waals surface area contributed by atoms with E-state index in [9.17, 15) is 9.90 Å². The Labute approximate surface area is 133 Å². The van der Waals surface area contributed by atoms with Gasteiger partial charge in [-0.1, -0.05) is 31.4 Å². The lowest BCUT2D eigenvalue weighted by Gasteiger charge is -2.35. The predicted molar refractivity (Wildman–Crippen MR) is 88.8 cm³/mol. The van der Waals surface area contributed by atoms with E-state index in [1.54, 1.807) is 7.05 Å². The number of aliphatic hydroxyl groups is 1. The molecule has 0 aliphatic heterocycles. The summed E-state index contributed by atoms with van der Waals surface area (Å²) in [7, 11) is 1.64. The fourth-order valence-electron chi connectivity index (χ4n) is 3.27. The van der Waals surface area contributed by atoms with Crippen LogP contribution in [0.4, 0.5) is 0 Å². The topological polar surface area (TPSA) is 52.6 Å². The highest BCUT2D eigenvalue weighted by molar-refractivity contribution is 5.93. The molecule has 1 unspecified atom stereocenters. The molecule has 1 amide bonds. The number of nitrogens with zero attached hydrogens (tertiary/aromatic N) is 1. The average molecular weight is 304 g/mol. The largest absolute Gasteiger partial charge is 0.392 e. The number of nitrogens with one attached hydrogen (secondary N) is 1. The third-order valence-electron chi connectivity index (χ3n) is 4.42. The number of carbonyl (C=O) groups is 1. The summed E-state index contributed by atoms with van der Waals surface area (Å²) in [6, 6.07) is 8.35. The van der Waals surface area contributed by atoms with Crippen LogP contribution in [0.5, 0.6) is 0 Å². The fraction of sp³-hybridized carbons (Fsp3) is 0.611. The van der Waals surface area contributed by atoms with Crippen molar-refractivity contribution in [2.75, 3.05) is 13.6 Å². The number of carbonyl (C=O) groups excluding carboxylic acids is 1. The van der Waals surface area contributed by atoms with Gasteiger partial charge in [0.25, 0.3) is 5.91 Å². The van der Waals surface area contributed by atoms with Gasteiger partial charge in [-0.25, -0.2) is 0 Å². The first-order chi connectivity index (χ1) is 10.6. The van der Waals surface area contributed by atoms with Crippen LogP contribution in [0.1, 0.15) is 54.9 Å². The zero-order valence-electron chi connectivity index (χ0n) is 13.7. The first-order valence-electron chi connectivity index (χ1n) is 8.33. The third kappa shape index (κ3) is 4.82. The molecule has 0 radical (unpaired) electrons. The average Bonchev–Trinajstić information content (AvgIpc) is 2.54. The molecule has 122 valence electrons. The summed E-state index contributed by atoms with van der Waals surface area (Å²) in [5.74, 6) is -0.0559. The van der Waals surface area contributed by atoms with Gasteiger partial charge in [-0.05, 0) is 37.5 Å². The smallest absolute Gasteiger partial charge is 0.251 e. The second-order valence-electron chi connectivity index (χ2n) is 6.35. The van der Waals surface area contributed by atoms with E-state index in [-0.39, 0.29) is 12.0 Å². The van der Waals surface area contributed by atoms with Crippen LogP contribution in [0, 0.1) is 0 Å².